The van der Waals surface area contributed by atoms with Crippen molar-refractivity contribution in [3.63, 3.8) is 0 Å². The molecule has 1 aromatic rings. The third-order valence-corrected chi connectivity index (χ3v) is 2.81. The number of likely N-dealkylation sites (N-methyl/N-ethyl adjacent to an activating group) is 1. The number of pyridine rings is 1. The monoisotopic (exact) mass is 296 g/mol. The van der Waals surface area contributed by atoms with Crippen molar-refractivity contribution in [2.75, 3.05) is 20.3 Å². The molecule has 21 heavy (non-hydrogen) atoms. The van der Waals surface area contributed by atoms with E-state index in [1.807, 2.05) is 0 Å². The molecule has 0 bridgehead atoms. The quantitative estimate of drug-likeness (QED) is 0.476. The smallest absolute Gasteiger partial charge is 0.267 e. The van der Waals surface area contributed by atoms with E-state index in [1.165, 1.54) is 19.4 Å². The molecule has 0 fully saturated rings. The van der Waals surface area contributed by atoms with Crippen LogP contribution < -0.4 is 21.1 Å². The summed E-state index contributed by atoms with van der Waals surface area (Å²) in [5, 5.41) is 14.7. The van der Waals surface area contributed by atoms with E-state index in [0.29, 0.717) is 17.9 Å². The van der Waals surface area contributed by atoms with E-state index in [2.05, 4.69) is 15.6 Å². The van der Waals surface area contributed by atoms with E-state index >= 15 is 0 Å². The molecule has 0 spiro atoms. The summed E-state index contributed by atoms with van der Waals surface area (Å²) >= 11 is 0. The molecule has 1 rings (SSSR count). The maximum Gasteiger partial charge on any atom is 0.267 e. The first kappa shape index (κ1) is 16.9. The number of aliphatic hydroxyl groups excluding tert-OH is 1. The highest BCUT2D eigenvalue weighted by Crippen LogP contribution is 2.18. The number of nitrogens with two attached hydrogens (primary N) is 1. The predicted molar refractivity (Wildman–Crippen MR) is 75.7 cm³/mol. The zero-order chi connectivity index (χ0) is 15.8. The van der Waals surface area contributed by atoms with Crippen LogP contribution in [-0.2, 0) is 11.3 Å². The highest BCUT2D eigenvalue weighted by molar-refractivity contribution is 5.91. The van der Waals surface area contributed by atoms with Gasteiger partial charge in [-0.05, 0) is 6.92 Å². The zero-order valence-electron chi connectivity index (χ0n) is 12.0. The van der Waals surface area contributed by atoms with Crippen molar-refractivity contribution in [3.8, 4) is 5.75 Å². The van der Waals surface area contributed by atoms with Crippen LogP contribution in [-0.4, -0.2) is 48.2 Å². The molecule has 8 nitrogen and oxygen atoms in total. The van der Waals surface area contributed by atoms with Gasteiger partial charge < -0.3 is 20.9 Å². The number of ether oxygens (including phenoxy) is 1. The second kappa shape index (κ2) is 8.18. The summed E-state index contributed by atoms with van der Waals surface area (Å²) in [7, 11) is 1.46. The number of rotatable bonds is 8. The Morgan fingerprint density at radius 1 is 1.52 bits per heavy atom. The molecule has 0 radical (unpaired) electrons. The number of amides is 2. The maximum absolute atomic E-state index is 11.7. The molecule has 5 N–H and O–H groups in total. The molecule has 0 aliphatic carbocycles. The van der Waals surface area contributed by atoms with Crippen molar-refractivity contribution in [2.45, 2.75) is 19.5 Å². The van der Waals surface area contributed by atoms with Gasteiger partial charge in [0.25, 0.3) is 5.91 Å². The van der Waals surface area contributed by atoms with E-state index < -0.39 is 11.9 Å². The lowest BCUT2D eigenvalue weighted by Gasteiger charge is -2.16. The summed E-state index contributed by atoms with van der Waals surface area (Å²) < 4.78 is 5.16. The minimum Gasteiger partial charge on any atom is -0.496 e. The van der Waals surface area contributed by atoms with Gasteiger partial charge in [-0.1, -0.05) is 0 Å². The van der Waals surface area contributed by atoms with Gasteiger partial charge in [-0.15, -0.1) is 0 Å². The van der Waals surface area contributed by atoms with Gasteiger partial charge in [0.15, 0.2) is 0 Å². The van der Waals surface area contributed by atoms with Crippen molar-refractivity contribution in [3.05, 3.63) is 23.5 Å². The summed E-state index contributed by atoms with van der Waals surface area (Å²) in [6.45, 7) is 2.19. The van der Waals surface area contributed by atoms with Gasteiger partial charge in [0.05, 0.1) is 13.7 Å². The number of aliphatic hydroxyl groups is 1. The molecule has 2 amide bonds. The summed E-state index contributed by atoms with van der Waals surface area (Å²) in [6.07, 6.45) is 1.44. The Morgan fingerprint density at radius 3 is 2.76 bits per heavy atom. The lowest BCUT2D eigenvalue weighted by Crippen LogP contribution is -2.46. The minimum atomic E-state index is -0.731. The average Bonchev–Trinajstić information content (AvgIpc) is 2.48. The lowest BCUT2D eigenvalue weighted by molar-refractivity contribution is -0.124. The molecule has 0 aliphatic heterocycles. The Labute approximate surface area is 122 Å². The Morgan fingerprint density at radius 2 is 2.24 bits per heavy atom. The number of primary amides is 1. The molecule has 1 heterocycles. The summed E-state index contributed by atoms with van der Waals surface area (Å²) in [6, 6.07) is 0.699. The van der Waals surface area contributed by atoms with E-state index in [-0.39, 0.29) is 24.8 Å². The number of carbonyl (C=O) groups excluding carboxylic acids is 2. The number of aromatic nitrogens is 1. The van der Waals surface area contributed by atoms with E-state index in [9.17, 15) is 14.7 Å². The highest BCUT2D eigenvalue weighted by Gasteiger charge is 2.17. The van der Waals surface area contributed by atoms with Gasteiger partial charge in [-0.25, -0.2) is 0 Å². The van der Waals surface area contributed by atoms with E-state index in [1.54, 1.807) is 6.92 Å². The number of hydrogen-bond acceptors (Lipinski definition) is 6. The van der Waals surface area contributed by atoms with Crippen molar-refractivity contribution in [1.82, 2.24) is 15.6 Å². The third kappa shape index (κ3) is 4.69. The predicted octanol–water partition coefficient (Wildman–Crippen LogP) is -1.22. The Hall–Kier alpha value is -2.19. The zero-order valence-corrected chi connectivity index (χ0v) is 12.0. The van der Waals surface area contributed by atoms with E-state index in [4.69, 9.17) is 10.5 Å². The van der Waals surface area contributed by atoms with Gasteiger partial charge in [0.2, 0.25) is 5.91 Å². The Balaban J connectivity index is 2.78. The molecule has 8 heteroatoms. The summed E-state index contributed by atoms with van der Waals surface area (Å²) in [5.74, 6) is -0.511. The second-order valence-corrected chi connectivity index (χ2v) is 4.26. The van der Waals surface area contributed by atoms with Crippen LogP contribution in [0, 0.1) is 0 Å². The molecule has 0 saturated heterocycles. The van der Waals surface area contributed by atoms with Crippen LogP contribution in [0.3, 0.4) is 0 Å². The number of nitrogens with zero attached hydrogens (tertiary/aromatic N) is 1. The van der Waals surface area contributed by atoms with Gasteiger partial charge in [-0.2, -0.15) is 0 Å². The fourth-order valence-corrected chi connectivity index (χ4v) is 1.69. The minimum absolute atomic E-state index is 0.0954. The number of methoxy groups -OCH3 is 1. The first-order valence-electron chi connectivity index (χ1n) is 6.48. The van der Waals surface area contributed by atoms with Crippen molar-refractivity contribution >= 4 is 11.8 Å². The number of hydrogen-bond donors (Lipinski definition) is 4. The Kier molecular flexibility index (Phi) is 6.57. The second-order valence-electron chi connectivity index (χ2n) is 4.26. The summed E-state index contributed by atoms with van der Waals surface area (Å²) in [4.78, 5) is 26.6. The fraction of sp³-hybridized carbons (Fsp3) is 0.462. The van der Waals surface area contributed by atoms with Crippen molar-refractivity contribution < 1.29 is 19.4 Å². The average molecular weight is 296 g/mol. The molecule has 0 saturated carbocycles. The van der Waals surface area contributed by atoms with Gasteiger partial charge in [0.1, 0.15) is 17.5 Å². The van der Waals surface area contributed by atoms with Crippen LogP contribution in [0.15, 0.2) is 12.3 Å². The molecule has 1 atom stereocenters. The van der Waals surface area contributed by atoms with Crippen molar-refractivity contribution in [2.24, 2.45) is 5.73 Å². The molecule has 0 aromatic carbocycles. The van der Waals surface area contributed by atoms with Crippen LogP contribution in [0.5, 0.6) is 5.75 Å². The van der Waals surface area contributed by atoms with Crippen LogP contribution in [0.1, 0.15) is 23.0 Å². The molecule has 0 unspecified atom stereocenters. The summed E-state index contributed by atoms with van der Waals surface area (Å²) in [5.41, 5.74) is 5.88. The largest absolute Gasteiger partial charge is 0.496 e. The van der Waals surface area contributed by atoms with Crippen LogP contribution in [0.25, 0.3) is 0 Å². The van der Waals surface area contributed by atoms with Crippen LogP contribution in [0.4, 0.5) is 0 Å². The SMILES string of the molecule is CCNC(=O)[C@@H](CO)NCc1cnc(C(N)=O)cc1OC. The highest BCUT2D eigenvalue weighted by atomic mass is 16.5. The normalized spacial score (nSPS) is 11.8. The molecule has 116 valence electrons. The first-order valence-corrected chi connectivity index (χ1v) is 6.48. The maximum atomic E-state index is 11.7. The third-order valence-electron chi connectivity index (χ3n) is 2.81. The molecular weight excluding hydrogens is 276 g/mol. The molecule has 1 aromatic heterocycles. The first-order chi connectivity index (χ1) is 10.0. The Bertz CT molecular complexity index is 507. The van der Waals surface area contributed by atoms with E-state index in [0.717, 1.165) is 0 Å². The molecular formula is C13H20N4O4. The lowest BCUT2D eigenvalue weighted by atomic mass is 10.2. The fourth-order valence-electron chi connectivity index (χ4n) is 1.69. The standard InChI is InChI=1S/C13H20N4O4/c1-3-15-13(20)10(7-18)17-6-8-5-16-9(12(14)19)4-11(8)21-2/h4-5,10,17-18H,3,6-7H2,1-2H3,(H2,14,19)(H,15,20)/t10-/m1/s1. The van der Waals surface area contributed by atoms with Crippen LogP contribution in [0.2, 0.25) is 0 Å². The van der Waals surface area contributed by atoms with Gasteiger partial charge in [-0.3, -0.25) is 19.9 Å². The number of nitrogens with one attached hydrogen (secondary N) is 2. The van der Waals surface area contributed by atoms with Crippen LogP contribution >= 0.6 is 0 Å². The van der Waals surface area contributed by atoms with Crippen molar-refractivity contribution in [1.29, 1.82) is 0 Å². The molecule has 0 aliphatic rings. The number of carbonyl (C=O) groups is 2. The van der Waals surface area contributed by atoms with Gasteiger partial charge >= 0.3 is 0 Å². The van der Waals surface area contributed by atoms with Gasteiger partial charge in [0, 0.05) is 30.9 Å². The topological polar surface area (TPSA) is 127 Å².